The van der Waals surface area contributed by atoms with Crippen molar-refractivity contribution in [2.75, 3.05) is 6.61 Å². The van der Waals surface area contributed by atoms with Gasteiger partial charge in [0.25, 0.3) is 0 Å². The Labute approximate surface area is 104 Å². The summed E-state index contributed by atoms with van der Waals surface area (Å²) in [5.74, 6) is 0.262. The fourth-order valence-corrected chi connectivity index (χ4v) is 1.68. The van der Waals surface area contributed by atoms with Gasteiger partial charge in [-0.3, -0.25) is 0 Å². The summed E-state index contributed by atoms with van der Waals surface area (Å²) < 4.78 is 0. The standard InChI is InChI=1S/C15H21NO/c1-4-8-12(2)13(3)16-15(11-17)14-9-6-5-7-10-14/h4-10,12,15-17H,3,11H2,1-2H3/b8-4-. The van der Waals surface area contributed by atoms with E-state index in [1.54, 1.807) is 0 Å². The molecule has 0 fully saturated rings. The van der Waals surface area contributed by atoms with Crippen LogP contribution in [0, 0.1) is 5.92 Å². The van der Waals surface area contributed by atoms with E-state index in [1.807, 2.05) is 43.3 Å². The molecule has 0 saturated carbocycles. The molecule has 1 rings (SSSR count). The molecule has 17 heavy (non-hydrogen) atoms. The molecule has 0 saturated heterocycles. The topological polar surface area (TPSA) is 32.3 Å². The number of aliphatic hydroxyl groups is 1. The van der Waals surface area contributed by atoms with Crippen molar-refractivity contribution in [3.05, 3.63) is 60.3 Å². The Bertz CT molecular complexity index is 370. The average Bonchev–Trinajstić information content (AvgIpc) is 2.37. The van der Waals surface area contributed by atoms with Gasteiger partial charge < -0.3 is 10.4 Å². The molecule has 0 aliphatic carbocycles. The Balaban J connectivity index is 2.68. The van der Waals surface area contributed by atoms with Crippen molar-refractivity contribution in [3.8, 4) is 0 Å². The second kappa shape index (κ2) is 6.92. The van der Waals surface area contributed by atoms with E-state index in [1.165, 1.54) is 0 Å². The van der Waals surface area contributed by atoms with E-state index in [0.717, 1.165) is 11.3 Å². The van der Waals surface area contributed by atoms with Crippen molar-refractivity contribution in [3.63, 3.8) is 0 Å². The Morgan fingerprint density at radius 2 is 2.06 bits per heavy atom. The van der Waals surface area contributed by atoms with Gasteiger partial charge in [-0.1, -0.05) is 56.0 Å². The van der Waals surface area contributed by atoms with Gasteiger partial charge in [0.1, 0.15) is 0 Å². The minimum atomic E-state index is -0.0867. The van der Waals surface area contributed by atoms with Crippen LogP contribution in [0.1, 0.15) is 25.5 Å². The van der Waals surface area contributed by atoms with Crippen LogP contribution in [-0.2, 0) is 0 Å². The lowest BCUT2D eigenvalue weighted by molar-refractivity contribution is 0.250. The Hall–Kier alpha value is -1.54. The van der Waals surface area contributed by atoms with Gasteiger partial charge in [0.05, 0.1) is 12.6 Å². The minimum Gasteiger partial charge on any atom is -0.394 e. The molecule has 0 bridgehead atoms. The molecule has 0 aliphatic rings. The first-order valence-electron chi connectivity index (χ1n) is 5.93. The van der Waals surface area contributed by atoms with Crippen molar-refractivity contribution < 1.29 is 5.11 Å². The summed E-state index contributed by atoms with van der Waals surface area (Å²) in [6, 6.07) is 9.82. The molecule has 0 radical (unpaired) electrons. The smallest absolute Gasteiger partial charge is 0.0742 e. The third-order valence-electron chi connectivity index (χ3n) is 2.77. The van der Waals surface area contributed by atoms with Crippen molar-refractivity contribution in [1.82, 2.24) is 5.32 Å². The van der Waals surface area contributed by atoms with Crippen LogP contribution in [-0.4, -0.2) is 11.7 Å². The van der Waals surface area contributed by atoms with Gasteiger partial charge in [-0.25, -0.2) is 0 Å². The molecule has 2 N–H and O–H groups in total. The van der Waals surface area contributed by atoms with E-state index in [9.17, 15) is 5.11 Å². The molecule has 0 amide bonds. The fourth-order valence-electron chi connectivity index (χ4n) is 1.68. The van der Waals surface area contributed by atoms with Gasteiger partial charge >= 0.3 is 0 Å². The molecule has 2 unspecified atom stereocenters. The Morgan fingerprint density at radius 1 is 1.41 bits per heavy atom. The summed E-state index contributed by atoms with van der Waals surface area (Å²) in [6.45, 7) is 8.14. The van der Waals surface area contributed by atoms with Crippen molar-refractivity contribution in [2.45, 2.75) is 19.9 Å². The summed E-state index contributed by atoms with van der Waals surface area (Å²) in [5, 5.41) is 12.7. The zero-order chi connectivity index (χ0) is 12.7. The number of aliphatic hydroxyl groups excluding tert-OH is 1. The Morgan fingerprint density at radius 3 is 2.59 bits per heavy atom. The van der Waals surface area contributed by atoms with Crippen LogP contribution in [0.3, 0.4) is 0 Å². The van der Waals surface area contributed by atoms with Gasteiger partial charge in [-0.2, -0.15) is 0 Å². The summed E-state index contributed by atoms with van der Waals surface area (Å²) in [5.41, 5.74) is 2.00. The van der Waals surface area contributed by atoms with Crippen molar-refractivity contribution in [2.24, 2.45) is 5.92 Å². The third kappa shape index (κ3) is 4.08. The second-order valence-electron chi connectivity index (χ2n) is 4.13. The monoisotopic (exact) mass is 231 g/mol. The maximum atomic E-state index is 9.42. The van der Waals surface area contributed by atoms with Crippen LogP contribution in [0.5, 0.6) is 0 Å². The molecule has 2 nitrogen and oxygen atoms in total. The maximum absolute atomic E-state index is 9.42. The molecule has 0 aromatic heterocycles. The van der Waals surface area contributed by atoms with E-state index < -0.39 is 0 Å². The summed E-state index contributed by atoms with van der Waals surface area (Å²) in [7, 11) is 0. The maximum Gasteiger partial charge on any atom is 0.0742 e. The third-order valence-corrected chi connectivity index (χ3v) is 2.77. The van der Waals surface area contributed by atoms with E-state index in [-0.39, 0.29) is 18.6 Å². The fraction of sp³-hybridized carbons (Fsp3) is 0.333. The molecule has 0 heterocycles. The lowest BCUT2D eigenvalue weighted by Crippen LogP contribution is -2.25. The lowest BCUT2D eigenvalue weighted by atomic mass is 10.0. The summed E-state index contributed by atoms with van der Waals surface area (Å²) in [4.78, 5) is 0. The molecule has 2 atom stereocenters. The van der Waals surface area contributed by atoms with Crippen LogP contribution in [0.25, 0.3) is 0 Å². The molecular weight excluding hydrogens is 210 g/mol. The van der Waals surface area contributed by atoms with E-state index in [0.29, 0.717) is 0 Å². The number of benzene rings is 1. The first kappa shape index (κ1) is 13.5. The van der Waals surface area contributed by atoms with Crippen LogP contribution in [0.4, 0.5) is 0 Å². The summed E-state index contributed by atoms with van der Waals surface area (Å²) in [6.07, 6.45) is 4.09. The summed E-state index contributed by atoms with van der Waals surface area (Å²) >= 11 is 0. The minimum absolute atomic E-state index is 0.0611. The zero-order valence-corrected chi connectivity index (χ0v) is 10.6. The van der Waals surface area contributed by atoms with Crippen molar-refractivity contribution in [1.29, 1.82) is 0 Å². The predicted octanol–water partition coefficient (Wildman–Crippen LogP) is 3.04. The molecular formula is C15H21NO. The van der Waals surface area contributed by atoms with Gasteiger partial charge in [0.2, 0.25) is 0 Å². The van der Waals surface area contributed by atoms with E-state index >= 15 is 0 Å². The van der Waals surface area contributed by atoms with Crippen molar-refractivity contribution >= 4 is 0 Å². The number of hydrogen-bond donors (Lipinski definition) is 2. The van der Waals surface area contributed by atoms with Crippen LogP contribution < -0.4 is 5.32 Å². The quantitative estimate of drug-likeness (QED) is 0.738. The first-order valence-corrected chi connectivity index (χ1v) is 5.93. The van der Waals surface area contributed by atoms with Gasteiger partial charge in [0.15, 0.2) is 0 Å². The van der Waals surface area contributed by atoms with Crippen LogP contribution in [0.2, 0.25) is 0 Å². The molecule has 1 aromatic rings. The van der Waals surface area contributed by atoms with Crippen LogP contribution >= 0.6 is 0 Å². The largest absolute Gasteiger partial charge is 0.394 e. The zero-order valence-electron chi connectivity index (χ0n) is 10.6. The van der Waals surface area contributed by atoms with Gasteiger partial charge in [0, 0.05) is 11.6 Å². The number of nitrogens with one attached hydrogen (secondary N) is 1. The highest BCUT2D eigenvalue weighted by molar-refractivity contribution is 5.21. The average molecular weight is 231 g/mol. The van der Waals surface area contributed by atoms with Gasteiger partial charge in [-0.15, -0.1) is 0 Å². The van der Waals surface area contributed by atoms with Crippen LogP contribution in [0.15, 0.2) is 54.8 Å². The molecule has 2 heteroatoms. The number of hydrogen-bond acceptors (Lipinski definition) is 2. The SMILES string of the molecule is C=C(NC(CO)c1ccccc1)C(C)/C=C\C. The normalized spacial score (nSPS) is 14.5. The predicted molar refractivity (Wildman–Crippen MR) is 72.5 cm³/mol. The molecule has 0 spiro atoms. The highest BCUT2D eigenvalue weighted by atomic mass is 16.3. The highest BCUT2D eigenvalue weighted by Gasteiger charge is 2.12. The lowest BCUT2D eigenvalue weighted by Gasteiger charge is -2.22. The van der Waals surface area contributed by atoms with Gasteiger partial charge in [-0.05, 0) is 12.5 Å². The number of rotatable bonds is 6. The second-order valence-corrected chi connectivity index (χ2v) is 4.13. The highest BCUT2D eigenvalue weighted by Crippen LogP contribution is 2.16. The molecule has 1 aromatic carbocycles. The molecule has 0 aliphatic heterocycles. The van der Waals surface area contributed by atoms with E-state index in [4.69, 9.17) is 0 Å². The molecule has 92 valence electrons. The van der Waals surface area contributed by atoms with E-state index in [2.05, 4.69) is 24.9 Å². The number of allylic oxidation sites excluding steroid dienone is 2. The first-order chi connectivity index (χ1) is 8.19. The Kier molecular flexibility index (Phi) is 5.50.